The predicted octanol–water partition coefficient (Wildman–Crippen LogP) is 3.53. The molecule has 1 fully saturated rings. The summed E-state index contributed by atoms with van der Waals surface area (Å²) in [7, 11) is 0. The van der Waals surface area contributed by atoms with Gasteiger partial charge in [-0.05, 0) is 18.0 Å². The van der Waals surface area contributed by atoms with Crippen molar-refractivity contribution in [3.8, 4) is 5.75 Å². The molecule has 0 bridgehead atoms. The molecule has 3 rings (SSSR count). The molecule has 0 N–H and O–H groups in total. The Bertz CT molecular complexity index is 672. The first-order valence-corrected chi connectivity index (χ1v) is 9.48. The number of rotatable bonds is 8. The van der Waals surface area contributed by atoms with E-state index in [2.05, 4.69) is 22.8 Å². The van der Waals surface area contributed by atoms with Crippen molar-refractivity contribution < 1.29 is 9.47 Å². The first-order chi connectivity index (χ1) is 12.3. The van der Waals surface area contributed by atoms with Gasteiger partial charge in [-0.2, -0.15) is 0 Å². The molecule has 4 nitrogen and oxygen atoms in total. The van der Waals surface area contributed by atoms with E-state index in [1.165, 1.54) is 13.1 Å². The third kappa shape index (κ3) is 5.08. The monoisotopic (exact) mass is 362 g/mol. The molecule has 1 saturated heterocycles. The van der Waals surface area contributed by atoms with Crippen molar-refractivity contribution in [2.75, 3.05) is 59.1 Å². The molecule has 0 amide bonds. The first-order valence-electron chi connectivity index (χ1n) is 9.10. The Morgan fingerprint density at radius 2 is 1.68 bits per heavy atom. The van der Waals surface area contributed by atoms with E-state index in [-0.39, 0.29) is 0 Å². The van der Waals surface area contributed by atoms with Gasteiger partial charge in [-0.15, -0.1) is 0 Å². The summed E-state index contributed by atoms with van der Waals surface area (Å²) in [4.78, 5) is 4.95. The van der Waals surface area contributed by atoms with Crippen LogP contribution >= 0.6 is 11.6 Å². The number of benzene rings is 2. The fourth-order valence-corrected chi connectivity index (χ4v) is 3.45. The van der Waals surface area contributed by atoms with Crippen LogP contribution in [0.3, 0.4) is 0 Å². The number of halogens is 1. The van der Waals surface area contributed by atoms with Crippen LogP contribution in [0, 0.1) is 0 Å². The maximum Gasteiger partial charge on any atom is 0.138 e. The summed E-state index contributed by atoms with van der Waals surface area (Å²) in [6.45, 7) is 10.8. The Morgan fingerprint density at radius 3 is 2.48 bits per heavy atom. The summed E-state index contributed by atoms with van der Waals surface area (Å²) >= 11 is 6.43. The average Bonchev–Trinajstić information content (AvgIpc) is 2.67. The number of nitrogens with zero attached hydrogens (tertiary/aromatic N) is 2. The van der Waals surface area contributed by atoms with Crippen molar-refractivity contribution in [1.82, 2.24) is 9.80 Å². The second kappa shape index (κ2) is 9.39. The Balaban J connectivity index is 1.34. The number of hydrogen-bond donors (Lipinski definition) is 0. The van der Waals surface area contributed by atoms with Crippen LogP contribution in [0.4, 0.5) is 0 Å². The lowest BCUT2D eigenvalue weighted by Gasteiger charge is -2.33. The smallest absolute Gasteiger partial charge is 0.138 e. The summed E-state index contributed by atoms with van der Waals surface area (Å²) in [5, 5.41) is 2.82. The minimum Gasteiger partial charge on any atom is -0.490 e. The molecule has 136 valence electrons. The number of fused-ring (bicyclic) bond motifs is 1. The highest BCUT2D eigenvalue weighted by atomic mass is 35.5. The molecule has 25 heavy (non-hydrogen) atoms. The number of hydrogen-bond acceptors (Lipinski definition) is 4. The number of likely N-dealkylation sites (N-methyl/N-ethyl adjacent to an activating group) is 1. The molecular formula is C20H27ClN2O2. The van der Waals surface area contributed by atoms with E-state index in [0.717, 1.165) is 49.3 Å². The molecule has 0 spiro atoms. The summed E-state index contributed by atoms with van der Waals surface area (Å²) in [6, 6.07) is 12.0. The lowest BCUT2D eigenvalue weighted by atomic mass is 10.1. The van der Waals surface area contributed by atoms with Crippen LogP contribution in [0.5, 0.6) is 5.75 Å². The zero-order valence-electron chi connectivity index (χ0n) is 14.9. The fourth-order valence-electron chi connectivity index (χ4n) is 3.16. The van der Waals surface area contributed by atoms with Crippen LogP contribution < -0.4 is 4.74 Å². The Kier molecular flexibility index (Phi) is 6.93. The molecule has 0 saturated carbocycles. The van der Waals surface area contributed by atoms with Crippen LogP contribution in [0.2, 0.25) is 5.02 Å². The van der Waals surface area contributed by atoms with E-state index in [1.54, 1.807) is 0 Å². The third-order valence-corrected chi connectivity index (χ3v) is 5.17. The molecule has 1 aliphatic rings. The van der Waals surface area contributed by atoms with E-state index in [9.17, 15) is 0 Å². The highest BCUT2D eigenvalue weighted by molar-refractivity contribution is 6.37. The summed E-state index contributed by atoms with van der Waals surface area (Å²) in [5.74, 6) is 0.722. The minimum atomic E-state index is 0.516. The Labute approximate surface area is 155 Å². The van der Waals surface area contributed by atoms with Crippen molar-refractivity contribution >= 4 is 22.4 Å². The van der Waals surface area contributed by atoms with Gasteiger partial charge >= 0.3 is 0 Å². The molecular weight excluding hydrogens is 336 g/mol. The van der Waals surface area contributed by atoms with Crippen molar-refractivity contribution in [3.63, 3.8) is 0 Å². The van der Waals surface area contributed by atoms with Crippen LogP contribution in [-0.4, -0.2) is 68.9 Å². The van der Waals surface area contributed by atoms with E-state index in [1.807, 2.05) is 30.3 Å². The van der Waals surface area contributed by atoms with Crippen molar-refractivity contribution in [1.29, 1.82) is 0 Å². The van der Waals surface area contributed by atoms with Gasteiger partial charge in [0.1, 0.15) is 12.4 Å². The largest absolute Gasteiger partial charge is 0.490 e. The highest BCUT2D eigenvalue weighted by Crippen LogP contribution is 2.32. The molecule has 1 heterocycles. The lowest BCUT2D eigenvalue weighted by Crippen LogP contribution is -2.47. The standard InChI is InChI=1S/C20H27ClN2O2/c1-2-22-9-11-23(12-10-22)13-14-24-15-16-25-19-8-7-17-5-3-4-6-18(17)20(19)21/h3-8H,2,9-16H2,1H3. The zero-order valence-corrected chi connectivity index (χ0v) is 15.7. The normalized spacial score (nSPS) is 16.4. The topological polar surface area (TPSA) is 24.9 Å². The van der Waals surface area contributed by atoms with Gasteiger partial charge in [0.25, 0.3) is 0 Å². The van der Waals surface area contributed by atoms with Crippen LogP contribution in [0.15, 0.2) is 36.4 Å². The second-order valence-electron chi connectivity index (χ2n) is 6.34. The van der Waals surface area contributed by atoms with Gasteiger partial charge in [0.15, 0.2) is 0 Å². The number of piperazine rings is 1. The number of ether oxygens (including phenoxy) is 2. The Hall–Kier alpha value is -1.33. The summed E-state index contributed by atoms with van der Waals surface area (Å²) < 4.78 is 11.5. The molecule has 0 unspecified atom stereocenters. The average molecular weight is 363 g/mol. The predicted molar refractivity (Wildman–Crippen MR) is 104 cm³/mol. The molecule has 2 aromatic carbocycles. The van der Waals surface area contributed by atoms with Gasteiger partial charge in [0.05, 0.1) is 18.2 Å². The maximum atomic E-state index is 6.43. The molecule has 0 atom stereocenters. The van der Waals surface area contributed by atoms with E-state index < -0.39 is 0 Å². The van der Waals surface area contributed by atoms with Crippen LogP contribution in [0.1, 0.15) is 6.92 Å². The van der Waals surface area contributed by atoms with Crippen molar-refractivity contribution in [3.05, 3.63) is 41.4 Å². The van der Waals surface area contributed by atoms with Crippen molar-refractivity contribution in [2.45, 2.75) is 6.92 Å². The van der Waals surface area contributed by atoms with Gasteiger partial charge < -0.3 is 14.4 Å². The van der Waals surface area contributed by atoms with Gasteiger partial charge in [-0.1, -0.05) is 48.9 Å². The van der Waals surface area contributed by atoms with Gasteiger partial charge in [0, 0.05) is 38.1 Å². The molecule has 2 aromatic rings. The fraction of sp³-hybridized carbons (Fsp3) is 0.500. The Morgan fingerprint density at radius 1 is 0.920 bits per heavy atom. The lowest BCUT2D eigenvalue weighted by molar-refractivity contribution is 0.0627. The second-order valence-corrected chi connectivity index (χ2v) is 6.71. The summed E-state index contributed by atoms with van der Waals surface area (Å²) in [5.41, 5.74) is 0. The minimum absolute atomic E-state index is 0.516. The van der Waals surface area contributed by atoms with Crippen molar-refractivity contribution in [2.24, 2.45) is 0 Å². The van der Waals surface area contributed by atoms with E-state index >= 15 is 0 Å². The van der Waals surface area contributed by atoms with E-state index in [0.29, 0.717) is 18.2 Å². The maximum absolute atomic E-state index is 6.43. The molecule has 0 aromatic heterocycles. The van der Waals surface area contributed by atoms with Crippen LogP contribution in [0.25, 0.3) is 10.8 Å². The van der Waals surface area contributed by atoms with Crippen LogP contribution in [-0.2, 0) is 4.74 Å². The third-order valence-electron chi connectivity index (χ3n) is 4.78. The molecule has 0 radical (unpaired) electrons. The SMILES string of the molecule is CCN1CCN(CCOCCOc2ccc3ccccc3c2Cl)CC1. The quantitative estimate of drug-likeness (QED) is 0.671. The molecule has 0 aliphatic carbocycles. The summed E-state index contributed by atoms with van der Waals surface area (Å²) in [6.07, 6.45) is 0. The van der Waals surface area contributed by atoms with Gasteiger partial charge in [-0.3, -0.25) is 4.90 Å². The molecule has 1 aliphatic heterocycles. The molecule has 5 heteroatoms. The van der Waals surface area contributed by atoms with Gasteiger partial charge in [-0.25, -0.2) is 0 Å². The first kappa shape index (κ1) is 18.5. The highest BCUT2D eigenvalue weighted by Gasteiger charge is 2.14. The zero-order chi connectivity index (χ0) is 17.5. The van der Waals surface area contributed by atoms with E-state index in [4.69, 9.17) is 21.1 Å². The van der Waals surface area contributed by atoms with Gasteiger partial charge in [0.2, 0.25) is 0 Å².